The molecule has 20 heavy (non-hydrogen) atoms. The predicted octanol–water partition coefficient (Wildman–Crippen LogP) is 3.25. The van der Waals surface area contributed by atoms with Crippen LogP contribution in [0.4, 0.5) is 0 Å². The van der Waals surface area contributed by atoms with Crippen molar-refractivity contribution in [1.29, 1.82) is 0 Å². The van der Waals surface area contributed by atoms with Gasteiger partial charge in [0.15, 0.2) is 0 Å². The molecule has 4 nitrogen and oxygen atoms in total. The SMILES string of the molecule is CCc1nc(CNS(=O)(=O)c2ccc(Br)cc2C)cs1. The molecule has 1 heterocycles. The first kappa shape index (κ1) is 15.6. The molecule has 1 N–H and O–H groups in total. The number of benzene rings is 1. The van der Waals surface area contributed by atoms with Crippen molar-refractivity contribution >= 4 is 37.3 Å². The summed E-state index contributed by atoms with van der Waals surface area (Å²) >= 11 is 4.87. The van der Waals surface area contributed by atoms with Crippen LogP contribution < -0.4 is 4.72 Å². The molecule has 7 heteroatoms. The second kappa shape index (κ2) is 6.34. The molecule has 2 aromatic rings. The van der Waals surface area contributed by atoms with Gasteiger partial charge < -0.3 is 0 Å². The molecule has 0 unspecified atom stereocenters. The lowest BCUT2D eigenvalue weighted by Gasteiger charge is -2.08. The Morgan fingerprint density at radius 1 is 1.40 bits per heavy atom. The fourth-order valence-corrected chi connectivity index (χ4v) is 4.20. The van der Waals surface area contributed by atoms with Crippen molar-refractivity contribution in [3.05, 3.63) is 44.3 Å². The quantitative estimate of drug-likeness (QED) is 0.873. The van der Waals surface area contributed by atoms with Gasteiger partial charge in [0, 0.05) is 9.85 Å². The third-order valence-corrected chi connectivity index (χ3v) is 5.87. The summed E-state index contributed by atoms with van der Waals surface area (Å²) in [4.78, 5) is 4.64. The first-order valence-electron chi connectivity index (χ1n) is 6.11. The number of nitrogens with zero attached hydrogens (tertiary/aromatic N) is 1. The van der Waals surface area contributed by atoms with E-state index in [-0.39, 0.29) is 6.54 Å². The molecule has 0 radical (unpaired) electrons. The summed E-state index contributed by atoms with van der Waals surface area (Å²) in [5.41, 5.74) is 1.46. The second-order valence-corrected chi connectivity index (χ2v) is 7.91. The molecule has 0 saturated heterocycles. The summed E-state index contributed by atoms with van der Waals surface area (Å²) < 4.78 is 28.0. The molecular formula is C13H15BrN2O2S2. The number of nitrogens with one attached hydrogen (secondary N) is 1. The molecule has 0 aliphatic heterocycles. The Balaban J connectivity index is 2.14. The van der Waals surface area contributed by atoms with Crippen LogP contribution >= 0.6 is 27.3 Å². The molecule has 0 aliphatic rings. The van der Waals surface area contributed by atoms with E-state index in [0.717, 1.165) is 21.6 Å². The predicted molar refractivity (Wildman–Crippen MR) is 84.4 cm³/mol. The van der Waals surface area contributed by atoms with Crippen LogP contribution in [0.1, 0.15) is 23.2 Å². The topological polar surface area (TPSA) is 59.1 Å². The molecular weight excluding hydrogens is 360 g/mol. The molecule has 1 aromatic heterocycles. The molecule has 0 aliphatic carbocycles. The zero-order valence-corrected chi connectivity index (χ0v) is 14.4. The highest BCUT2D eigenvalue weighted by Crippen LogP contribution is 2.20. The smallest absolute Gasteiger partial charge is 0.241 e. The molecule has 1 aromatic carbocycles. The fourth-order valence-electron chi connectivity index (χ4n) is 1.75. The zero-order chi connectivity index (χ0) is 14.8. The van der Waals surface area contributed by atoms with Gasteiger partial charge in [0.05, 0.1) is 22.1 Å². The van der Waals surface area contributed by atoms with Crippen LogP contribution in [0.2, 0.25) is 0 Å². The summed E-state index contributed by atoms with van der Waals surface area (Å²) in [6.07, 6.45) is 0.864. The zero-order valence-electron chi connectivity index (χ0n) is 11.2. The van der Waals surface area contributed by atoms with E-state index in [4.69, 9.17) is 0 Å². The van der Waals surface area contributed by atoms with Crippen molar-refractivity contribution in [3.8, 4) is 0 Å². The van der Waals surface area contributed by atoms with Gasteiger partial charge in [-0.1, -0.05) is 22.9 Å². The summed E-state index contributed by atoms with van der Waals surface area (Å²) in [6, 6.07) is 5.10. The molecule has 0 fully saturated rings. The lowest BCUT2D eigenvalue weighted by molar-refractivity contribution is 0.580. The standard InChI is InChI=1S/C13H15BrN2O2S2/c1-3-13-16-11(8-19-13)7-15-20(17,18)12-5-4-10(14)6-9(12)2/h4-6,8,15H,3,7H2,1-2H3. The molecule has 0 saturated carbocycles. The highest BCUT2D eigenvalue weighted by atomic mass is 79.9. The van der Waals surface area contributed by atoms with E-state index >= 15 is 0 Å². The van der Waals surface area contributed by atoms with Crippen LogP contribution in [0.5, 0.6) is 0 Å². The highest BCUT2D eigenvalue weighted by molar-refractivity contribution is 9.10. The van der Waals surface area contributed by atoms with E-state index in [2.05, 4.69) is 25.6 Å². The van der Waals surface area contributed by atoms with Crippen molar-refractivity contribution in [2.45, 2.75) is 31.7 Å². The van der Waals surface area contributed by atoms with Crippen LogP contribution in [0.3, 0.4) is 0 Å². The van der Waals surface area contributed by atoms with Gasteiger partial charge in [-0.15, -0.1) is 11.3 Å². The summed E-state index contributed by atoms with van der Waals surface area (Å²) in [5, 5.41) is 2.90. The van der Waals surface area contributed by atoms with Crippen molar-refractivity contribution in [2.75, 3.05) is 0 Å². The Morgan fingerprint density at radius 3 is 2.75 bits per heavy atom. The Kier molecular flexibility index (Phi) is 4.95. The molecule has 0 atom stereocenters. The van der Waals surface area contributed by atoms with E-state index < -0.39 is 10.0 Å². The Hall–Kier alpha value is -0.760. The average Bonchev–Trinajstić information content (AvgIpc) is 2.84. The van der Waals surface area contributed by atoms with Gasteiger partial charge in [0.1, 0.15) is 0 Å². The maximum Gasteiger partial charge on any atom is 0.241 e. The van der Waals surface area contributed by atoms with Crippen LogP contribution in [0, 0.1) is 6.92 Å². The minimum Gasteiger partial charge on any atom is -0.245 e. The average molecular weight is 375 g/mol. The van der Waals surface area contributed by atoms with Crippen molar-refractivity contribution in [2.24, 2.45) is 0 Å². The van der Waals surface area contributed by atoms with Gasteiger partial charge in [0.2, 0.25) is 10.0 Å². The summed E-state index contributed by atoms with van der Waals surface area (Å²) in [6.45, 7) is 4.02. The van der Waals surface area contributed by atoms with Crippen molar-refractivity contribution in [1.82, 2.24) is 9.71 Å². The highest BCUT2D eigenvalue weighted by Gasteiger charge is 2.17. The Morgan fingerprint density at radius 2 is 2.15 bits per heavy atom. The number of halogens is 1. The number of aromatic nitrogens is 1. The largest absolute Gasteiger partial charge is 0.245 e. The minimum absolute atomic E-state index is 0.217. The maximum absolute atomic E-state index is 12.3. The van der Waals surface area contributed by atoms with Gasteiger partial charge >= 0.3 is 0 Å². The number of hydrogen-bond acceptors (Lipinski definition) is 4. The number of thiazole rings is 1. The van der Waals surface area contributed by atoms with Crippen LogP contribution in [0.25, 0.3) is 0 Å². The van der Waals surface area contributed by atoms with E-state index in [1.54, 1.807) is 36.5 Å². The van der Waals surface area contributed by atoms with E-state index in [1.807, 2.05) is 12.3 Å². The van der Waals surface area contributed by atoms with Gasteiger partial charge in [-0.2, -0.15) is 0 Å². The molecule has 0 bridgehead atoms. The van der Waals surface area contributed by atoms with Crippen LogP contribution in [0.15, 0.2) is 32.9 Å². The Labute approximate surface area is 131 Å². The fraction of sp³-hybridized carbons (Fsp3) is 0.308. The van der Waals surface area contributed by atoms with Crippen LogP contribution in [-0.4, -0.2) is 13.4 Å². The van der Waals surface area contributed by atoms with Gasteiger partial charge in [-0.3, -0.25) is 0 Å². The van der Waals surface area contributed by atoms with E-state index in [1.165, 1.54) is 0 Å². The lowest BCUT2D eigenvalue weighted by Crippen LogP contribution is -2.24. The van der Waals surface area contributed by atoms with Crippen molar-refractivity contribution in [3.63, 3.8) is 0 Å². The number of sulfonamides is 1. The summed E-state index contributed by atoms with van der Waals surface area (Å²) in [5.74, 6) is 0. The van der Waals surface area contributed by atoms with Crippen LogP contribution in [-0.2, 0) is 23.0 Å². The first-order chi connectivity index (χ1) is 9.42. The van der Waals surface area contributed by atoms with Gasteiger partial charge in [-0.05, 0) is 37.1 Å². The maximum atomic E-state index is 12.3. The molecule has 0 spiro atoms. The number of rotatable bonds is 5. The van der Waals surface area contributed by atoms with E-state index in [9.17, 15) is 8.42 Å². The molecule has 108 valence electrons. The third kappa shape index (κ3) is 3.66. The molecule has 0 amide bonds. The van der Waals surface area contributed by atoms with Crippen molar-refractivity contribution < 1.29 is 8.42 Å². The third-order valence-electron chi connectivity index (χ3n) is 2.77. The number of hydrogen-bond donors (Lipinski definition) is 1. The Bertz CT molecular complexity index is 711. The lowest BCUT2D eigenvalue weighted by atomic mass is 10.2. The second-order valence-electron chi connectivity index (χ2n) is 4.32. The molecule has 2 rings (SSSR count). The summed E-state index contributed by atoms with van der Waals surface area (Å²) in [7, 11) is -3.51. The van der Waals surface area contributed by atoms with Gasteiger partial charge in [0.25, 0.3) is 0 Å². The normalized spacial score (nSPS) is 11.8. The monoisotopic (exact) mass is 374 g/mol. The van der Waals surface area contributed by atoms with Gasteiger partial charge in [-0.25, -0.2) is 18.1 Å². The van der Waals surface area contributed by atoms with E-state index in [0.29, 0.717) is 10.5 Å². The number of aryl methyl sites for hydroxylation is 2. The first-order valence-corrected chi connectivity index (χ1v) is 9.27. The minimum atomic E-state index is -3.51.